The normalized spacial score (nSPS) is 16.5. The van der Waals surface area contributed by atoms with Crippen LogP contribution in [0.15, 0.2) is 0 Å². The fourth-order valence-corrected chi connectivity index (χ4v) is 5.30. The Balaban J connectivity index is 2.22. The summed E-state index contributed by atoms with van der Waals surface area (Å²) in [5.41, 5.74) is -0.952. The van der Waals surface area contributed by atoms with Crippen molar-refractivity contribution in [2.45, 2.75) is 124 Å². The van der Waals surface area contributed by atoms with Crippen molar-refractivity contribution in [3.63, 3.8) is 0 Å². The molecule has 1 saturated heterocycles. The minimum absolute atomic E-state index is 0.134. The van der Waals surface area contributed by atoms with Gasteiger partial charge < -0.3 is 52.4 Å². The van der Waals surface area contributed by atoms with Crippen molar-refractivity contribution in [1.82, 2.24) is 13.6 Å². The number of carbonyl (C=O) groups excluding carboxylic acids is 8. The molecule has 2 rings (SSSR count). The van der Waals surface area contributed by atoms with Gasteiger partial charge in [-0.05, 0) is 62.3 Å². The summed E-state index contributed by atoms with van der Waals surface area (Å²) < 4.78 is 55.7. The molecule has 1 aromatic rings. The van der Waals surface area contributed by atoms with E-state index in [1.165, 1.54) is 39.5 Å². The van der Waals surface area contributed by atoms with Gasteiger partial charge in [-0.25, -0.2) is 24.0 Å². The number of esters is 7. The molecule has 0 unspecified atom stereocenters. The van der Waals surface area contributed by atoms with E-state index in [-0.39, 0.29) is 19.0 Å². The maximum Gasteiger partial charge on any atom is 0.347 e. The summed E-state index contributed by atoms with van der Waals surface area (Å²) in [5, 5.41) is 0. The van der Waals surface area contributed by atoms with Gasteiger partial charge in [0, 0.05) is 32.5 Å². The lowest BCUT2D eigenvalue weighted by molar-refractivity contribution is -0.186. The minimum atomic E-state index is -1.58. The van der Waals surface area contributed by atoms with Crippen LogP contribution in [0.3, 0.4) is 0 Å². The van der Waals surface area contributed by atoms with Crippen LogP contribution in [0, 0.1) is 0 Å². The molecular weight excluding hydrogens is 780 g/mol. The molecule has 57 heavy (non-hydrogen) atoms. The SMILES string of the molecule is CC(=O)O[C@H](C)C(=O)O[C@H](C)C(=O)O[C@H](C)C(=O)O[C@H](C)C(=O)O[C@H](COc1nsnc1N1CCOCC1)CN(C(=O)[C@@H](C)OC(=O)[C@@H](C)OC(C)=O)C(C)(C)C. The van der Waals surface area contributed by atoms with Crippen molar-refractivity contribution in [2.24, 2.45) is 0 Å². The van der Waals surface area contributed by atoms with Crippen LogP contribution < -0.4 is 9.64 Å². The van der Waals surface area contributed by atoms with Crippen LogP contribution in [0.1, 0.15) is 76.2 Å². The number of carbonyl (C=O) groups is 8. The molecular formula is C35H52N4O17S. The van der Waals surface area contributed by atoms with Crippen molar-refractivity contribution in [2.75, 3.05) is 44.4 Å². The predicted octanol–water partition coefficient (Wildman–Crippen LogP) is 0.922. The average Bonchev–Trinajstić information content (AvgIpc) is 3.60. The van der Waals surface area contributed by atoms with E-state index in [0.717, 1.165) is 32.5 Å². The number of hydrogen-bond acceptors (Lipinski definition) is 21. The van der Waals surface area contributed by atoms with Crippen LogP contribution >= 0.6 is 11.7 Å². The molecule has 0 radical (unpaired) electrons. The number of anilines is 1. The summed E-state index contributed by atoms with van der Waals surface area (Å²) in [6, 6.07) is 0. The molecule has 1 amide bonds. The van der Waals surface area contributed by atoms with Crippen LogP contribution in [-0.4, -0.2) is 149 Å². The number of nitrogens with zero attached hydrogens (tertiary/aromatic N) is 4. The van der Waals surface area contributed by atoms with E-state index >= 15 is 0 Å². The van der Waals surface area contributed by atoms with Crippen molar-refractivity contribution in [1.29, 1.82) is 0 Å². The number of hydrogen-bond donors (Lipinski definition) is 0. The number of amides is 1. The van der Waals surface area contributed by atoms with Crippen molar-refractivity contribution in [3.8, 4) is 5.88 Å². The quantitative estimate of drug-likeness (QED) is 0.139. The van der Waals surface area contributed by atoms with Gasteiger partial charge in [0.2, 0.25) is 5.82 Å². The third kappa shape index (κ3) is 15.7. The third-order valence-electron chi connectivity index (χ3n) is 7.77. The highest BCUT2D eigenvalue weighted by atomic mass is 32.1. The molecule has 7 atom stereocenters. The first-order valence-corrected chi connectivity index (χ1v) is 18.7. The zero-order valence-electron chi connectivity index (χ0n) is 33.9. The van der Waals surface area contributed by atoms with E-state index < -0.39 is 96.0 Å². The summed E-state index contributed by atoms with van der Waals surface area (Å²) >= 11 is 0.895. The Hall–Kier alpha value is -5.12. The first-order chi connectivity index (χ1) is 26.5. The second-order valence-corrected chi connectivity index (χ2v) is 14.3. The predicted molar refractivity (Wildman–Crippen MR) is 194 cm³/mol. The first-order valence-electron chi connectivity index (χ1n) is 18.0. The van der Waals surface area contributed by atoms with E-state index in [0.29, 0.717) is 32.1 Å². The smallest absolute Gasteiger partial charge is 0.347 e. The molecule has 1 aromatic heterocycles. The van der Waals surface area contributed by atoms with Gasteiger partial charge in [-0.2, -0.15) is 4.37 Å². The molecule has 0 spiro atoms. The molecule has 2 heterocycles. The summed E-state index contributed by atoms with van der Waals surface area (Å²) in [4.78, 5) is 103. The Morgan fingerprint density at radius 3 is 1.47 bits per heavy atom. The van der Waals surface area contributed by atoms with Gasteiger partial charge in [-0.15, -0.1) is 4.37 Å². The van der Waals surface area contributed by atoms with Gasteiger partial charge in [0.15, 0.2) is 42.7 Å². The van der Waals surface area contributed by atoms with Crippen LogP contribution in [0.5, 0.6) is 5.88 Å². The molecule has 0 saturated carbocycles. The number of aromatic nitrogens is 2. The van der Waals surface area contributed by atoms with E-state index in [2.05, 4.69) is 8.75 Å². The fraction of sp³-hybridized carbons (Fsp3) is 0.714. The lowest BCUT2D eigenvalue weighted by Crippen LogP contribution is -2.54. The van der Waals surface area contributed by atoms with Crippen molar-refractivity contribution < 1.29 is 81.0 Å². The monoisotopic (exact) mass is 832 g/mol. The summed E-state index contributed by atoms with van der Waals surface area (Å²) in [6.07, 6.45) is -9.84. The Labute approximate surface area is 334 Å². The number of rotatable bonds is 19. The Kier molecular flexibility index (Phi) is 18.5. The topological polar surface area (TPSA) is 252 Å². The van der Waals surface area contributed by atoms with Crippen LogP contribution in [0.4, 0.5) is 5.82 Å². The lowest BCUT2D eigenvalue weighted by atomic mass is 10.0. The molecule has 1 aliphatic rings. The Bertz CT molecular complexity index is 1590. The third-order valence-corrected chi connectivity index (χ3v) is 8.27. The minimum Gasteiger partial charge on any atom is -0.470 e. The van der Waals surface area contributed by atoms with Gasteiger partial charge >= 0.3 is 41.8 Å². The van der Waals surface area contributed by atoms with E-state index in [9.17, 15) is 38.4 Å². The zero-order chi connectivity index (χ0) is 43.2. The molecule has 21 nitrogen and oxygen atoms in total. The molecule has 1 fully saturated rings. The van der Waals surface area contributed by atoms with E-state index in [1.807, 2.05) is 4.90 Å². The fourth-order valence-electron chi connectivity index (χ4n) is 4.78. The maximum atomic E-state index is 13.8. The molecule has 0 bridgehead atoms. The van der Waals surface area contributed by atoms with Crippen LogP contribution in [0.2, 0.25) is 0 Å². The molecule has 1 aliphatic heterocycles. The highest BCUT2D eigenvalue weighted by molar-refractivity contribution is 6.99. The standard InChI is InChI=1S/C35H52N4O17S/c1-18(52-30(43)19(2)50-24(7)40)29(42)39(35(9,10)11)16-26(17-49-28-27(36-57-37-28)38-12-14-48-15-13-38)56-34(47)23(6)55-33(46)22(5)54-32(45)21(4)53-31(44)20(3)51-25(8)41/h18-23,26H,12-17H2,1-11H3/t18-,19-,20-,21-,22-,23-,26+/m1/s1. The van der Waals surface area contributed by atoms with Gasteiger partial charge in [0.25, 0.3) is 11.8 Å². The number of morpholine rings is 1. The maximum absolute atomic E-state index is 13.8. The summed E-state index contributed by atoms with van der Waals surface area (Å²) in [5.74, 6) is -6.92. The lowest BCUT2D eigenvalue weighted by Gasteiger charge is -2.39. The zero-order valence-corrected chi connectivity index (χ0v) is 34.7. The largest absolute Gasteiger partial charge is 0.470 e. The second-order valence-electron chi connectivity index (χ2n) is 13.8. The summed E-state index contributed by atoms with van der Waals surface area (Å²) in [6.45, 7) is 16.0. The molecule has 0 N–H and O–H groups in total. The van der Waals surface area contributed by atoms with Crippen LogP contribution in [-0.2, 0) is 76.3 Å². The van der Waals surface area contributed by atoms with Crippen molar-refractivity contribution in [3.05, 3.63) is 0 Å². The van der Waals surface area contributed by atoms with Gasteiger partial charge in [-0.1, -0.05) is 0 Å². The Morgan fingerprint density at radius 2 is 1.05 bits per heavy atom. The van der Waals surface area contributed by atoms with Gasteiger partial charge in [-0.3, -0.25) is 14.4 Å². The highest BCUT2D eigenvalue weighted by Crippen LogP contribution is 2.27. The van der Waals surface area contributed by atoms with Gasteiger partial charge in [0.1, 0.15) is 6.61 Å². The Morgan fingerprint density at radius 1 is 0.649 bits per heavy atom. The second kappa shape index (κ2) is 22.0. The molecule has 0 aromatic carbocycles. The van der Waals surface area contributed by atoms with E-state index in [4.69, 9.17) is 42.6 Å². The molecule has 22 heteroatoms. The summed E-state index contributed by atoms with van der Waals surface area (Å²) in [7, 11) is 0. The number of ether oxygens (including phenoxy) is 9. The van der Waals surface area contributed by atoms with Crippen molar-refractivity contribution >= 4 is 65.2 Å². The van der Waals surface area contributed by atoms with Crippen LogP contribution in [0.25, 0.3) is 0 Å². The van der Waals surface area contributed by atoms with Gasteiger partial charge in [0.05, 0.1) is 31.5 Å². The average molecular weight is 833 g/mol. The first kappa shape index (κ1) is 48.0. The molecule has 320 valence electrons. The highest BCUT2D eigenvalue weighted by Gasteiger charge is 2.37. The van der Waals surface area contributed by atoms with E-state index in [1.54, 1.807) is 20.8 Å². The molecule has 0 aliphatic carbocycles.